The number of alkyl halides is 1. The zero-order valence-corrected chi connectivity index (χ0v) is 66.4. The monoisotopic (exact) mass is 1610 g/mol. The zero-order chi connectivity index (χ0) is 82.2. The predicted molar refractivity (Wildman–Crippen MR) is 451 cm³/mol. The first-order valence-electron chi connectivity index (χ1n) is 40.3. The van der Waals surface area contributed by atoms with Crippen LogP contribution in [0.15, 0.2) is 179 Å². The Morgan fingerprint density at radius 1 is 0.412 bits per heavy atom. The van der Waals surface area contributed by atoms with Crippen LogP contribution < -0.4 is 48.7 Å². The molecule has 6 aromatic carbocycles. The number of aryl methyl sites for hydroxylation is 6. The number of aliphatic hydroxyl groups excluding tert-OH is 2. The van der Waals surface area contributed by atoms with Gasteiger partial charge >= 0.3 is 0 Å². The van der Waals surface area contributed by atoms with E-state index >= 15 is 0 Å². The highest BCUT2D eigenvalue weighted by Crippen LogP contribution is 2.32. The van der Waals surface area contributed by atoms with Crippen molar-refractivity contribution in [2.24, 2.45) is 0 Å². The minimum Gasteiger partial charge on any atom is -0.392 e. The second kappa shape index (κ2) is 36.2. The molecule has 3 saturated heterocycles. The van der Waals surface area contributed by atoms with Crippen LogP contribution in [0.2, 0.25) is 0 Å². The normalized spacial score (nSPS) is 16.3. The van der Waals surface area contributed by atoms with Crippen LogP contribution in [0.3, 0.4) is 0 Å². The van der Waals surface area contributed by atoms with Crippen molar-refractivity contribution >= 4 is 85.7 Å². The van der Waals surface area contributed by atoms with E-state index in [9.17, 15) is 43.4 Å². The van der Waals surface area contributed by atoms with Crippen molar-refractivity contribution in [3.8, 4) is 17.1 Å². The Labute approximate surface area is 684 Å². The van der Waals surface area contributed by atoms with Gasteiger partial charge in [-0.3, -0.25) is 48.2 Å². The molecule has 18 rings (SSSR count). The molecule has 612 valence electrons. The van der Waals surface area contributed by atoms with Crippen LogP contribution in [0.1, 0.15) is 113 Å². The first kappa shape index (κ1) is 80.4. The van der Waals surface area contributed by atoms with Crippen molar-refractivity contribution in [1.29, 1.82) is 0 Å². The lowest BCUT2D eigenvalue weighted by Gasteiger charge is -2.35. The Hall–Kier alpha value is -12.4. The molecule has 3 fully saturated rings. The first-order chi connectivity index (χ1) is 57.9. The fourth-order valence-corrected chi connectivity index (χ4v) is 16.4. The smallest absolute Gasteiger partial charge is 0.280 e. The van der Waals surface area contributed by atoms with Gasteiger partial charge < -0.3 is 49.7 Å². The summed E-state index contributed by atoms with van der Waals surface area (Å²) in [6, 6.07) is 42.7. The maximum atomic E-state index is 13.4. The highest BCUT2D eigenvalue weighted by Gasteiger charge is 2.28. The van der Waals surface area contributed by atoms with Gasteiger partial charge in [0.1, 0.15) is 22.9 Å². The summed E-state index contributed by atoms with van der Waals surface area (Å²) in [5, 5.41) is 29.6. The number of benzene rings is 6. The standard InChI is InChI=1S/C30H31FN6O3.C30H32N6O4.C29H30N6O4/c1-40-35-29(39)26-18-37(24-10-7-20-3-2-4-21(20)15-24)28-25(27(26)38)16-32-30(34-28)33-23-8-5-19(6-9-23)11-13-36-14-12-22(31)17-36;1-40-34-29(39)26-18-36(23-10-7-20-3-2-4-21(20)15-23)28-25(27(26)38)16-31-30(33-28)32-22-8-5-19(6-9-22)11-13-35-14-12-24(37)17-35;1-39-33-28(38)25-17-35(22-10-7-19-3-2-4-20(19)13-22)27-24(26(25)37)14-30-29(32-27)31-21-8-5-18(6-9-21)11-12-34-15-23(36)16-34/h5-10,15-16,18,22H,2-4,11-14,17H2,1H3,(H,35,39)(H,32,33,34);5-10,15-16,18,24,37H,2-4,11-14,17H2,1H3,(H,34,39)(H,31,32,33);5-10,13-14,17,23,36H,2-4,11-12,15-16H2,1H3,(H,33,38)(H,30,31,32)/t22-;24-;/m00./s1. The van der Waals surface area contributed by atoms with Crippen molar-refractivity contribution < 1.29 is 43.5 Å². The number of carbonyl (C=O) groups excluding carboxylic acids is 3. The number of halogens is 1. The second-order valence-corrected chi connectivity index (χ2v) is 30.9. The summed E-state index contributed by atoms with van der Waals surface area (Å²) in [6.45, 7) is 7.19. The minimum atomic E-state index is -0.707. The highest BCUT2D eigenvalue weighted by atomic mass is 19.1. The van der Waals surface area contributed by atoms with Crippen molar-refractivity contribution in [1.82, 2.24) is 74.7 Å². The fraction of sp³-hybridized carbons (Fsp3) is 0.326. The van der Waals surface area contributed by atoms with Gasteiger partial charge in [0.05, 0.1) is 49.7 Å². The number of amides is 3. The molecule has 29 nitrogen and oxygen atoms in total. The molecule has 0 radical (unpaired) electrons. The molecule has 0 unspecified atom stereocenters. The molecular formula is C89H93FN18O11. The van der Waals surface area contributed by atoms with Gasteiger partial charge in [-0.2, -0.15) is 15.0 Å². The predicted octanol–water partition coefficient (Wildman–Crippen LogP) is 9.33. The number of hydrogen-bond donors (Lipinski definition) is 8. The lowest BCUT2D eigenvalue weighted by molar-refractivity contribution is 0.00310. The molecule has 2 atom stereocenters. The van der Waals surface area contributed by atoms with E-state index in [0.29, 0.717) is 47.8 Å². The molecule has 12 aromatic rings. The van der Waals surface area contributed by atoms with Crippen LogP contribution in [-0.2, 0) is 72.3 Å². The number of rotatable bonds is 24. The van der Waals surface area contributed by atoms with Crippen molar-refractivity contribution in [2.45, 2.75) is 108 Å². The molecule has 3 aliphatic heterocycles. The summed E-state index contributed by atoms with van der Waals surface area (Å²) in [6.07, 6.45) is 21.4. The Bertz CT molecular complexity index is 5740. The summed E-state index contributed by atoms with van der Waals surface area (Å²) in [7, 11) is 3.97. The summed E-state index contributed by atoms with van der Waals surface area (Å²) in [5.74, 6) is -0.891. The Morgan fingerprint density at radius 3 is 1.04 bits per heavy atom. The number of fused-ring (bicyclic) bond motifs is 6. The number of likely N-dealkylation sites (tertiary alicyclic amines) is 3. The first-order valence-corrected chi connectivity index (χ1v) is 40.3. The van der Waals surface area contributed by atoms with Crippen LogP contribution >= 0.6 is 0 Å². The number of aromatic nitrogens is 9. The van der Waals surface area contributed by atoms with Gasteiger partial charge in [-0.15, -0.1) is 0 Å². The van der Waals surface area contributed by atoms with Crippen LogP contribution in [0.25, 0.3) is 50.2 Å². The average molecular weight is 1610 g/mol. The van der Waals surface area contributed by atoms with Crippen molar-refractivity contribution in [3.63, 3.8) is 0 Å². The third kappa shape index (κ3) is 18.5. The van der Waals surface area contributed by atoms with E-state index in [-0.39, 0.29) is 45.1 Å². The van der Waals surface area contributed by atoms with E-state index in [0.717, 1.165) is 170 Å². The topological polar surface area (TPSA) is 345 Å². The lowest BCUT2D eigenvalue weighted by Crippen LogP contribution is -2.51. The van der Waals surface area contributed by atoms with E-state index in [2.05, 4.69) is 123 Å². The van der Waals surface area contributed by atoms with Crippen LogP contribution in [-0.4, -0.2) is 185 Å². The Kier molecular flexibility index (Phi) is 24.5. The summed E-state index contributed by atoms with van der Waals surface area (Å²) < 4.78 is 18.7. The Balaban J connectivity index is 0.000000133. The third-order valence-corrected chi connectivity index (χ3v) is 22.8. The molecule has 8 N–H and O–H groups in total. The molecule has 6 aliphatic rings. The largest absolute Gasteiger partial charge is 0.392 e. The quantitative estimate of drug-likeness (QED) is 0.0261. The minimum absolute atomic E-state index is 0.0572. The fourth-order valence-electron chi connectivity index (χ4n) is 16.4. The number of nitrogens with one attached hydrogen (secondary N) is 6. The number of hydrogen-bond acceptors (Lipinski definition) is 23. The van der Waals surface area contributed by atoms with Gasteiger partial charge in [0.15, 0.2) is 16.9 Å². The molecule has 119 heavy (non-hydrogen) atoms. The zero-order valence-electron chi connectivity index (χ0n) is 66.4. The lowest BCUT2D eigenvalue weighted by atomic mass is 10.1. The van der Waals surface area contributed by atoms with Crippen LogP contribution in [0.5, 0.6) is 0 Å². The summed E-state index contributed by atoms with van der Waals surface area (Å²) >= 11 is 0. The molecule has 3 aliphatic carbocycles. The number of pyridine rings is 3. The van der Waals surface area contributed by atoms with Gasteiger partial charge in [-0.05, 0) is 213 Å². The second-order valence-electron chi connectivity index (χ2n) is 30.9. The van der Waals surface area contributed by atoms with Gasteiger partial charge in [0.2, 0.25) is 34.1 Å². The number of anilines is 6. The molecule has 0 saturated carbocycles. The van der Waals surface area contributed by atoms with Gasteiger partial charge in [0.25, 0.3) is 17.7 Å². The number of β-amino-alcohol motifs (C(OH)–C–C–N with tert-alkyl or cyclic N) is 2. The average Bonchev–Trinajstić information content (AvgIpc) is 1.67. The molecule has 0 spiro atoms. The molecule has 6 aromatic heterocycles. The molecular weight excluding hydrogens is 1520 g/mol. The molecule has 9 heterocycles. The maximum absolute atomic E-state index is 13.4. The van der Waals surface area contributed by atoms with E-state index in [1.54, 1.807) is 13.7 Å². The van der Waals surface area contributed by atoms with Crippen molar-refractivity contribution in [2.75, 3.05) is 96.2 Å². The Morgan fingerprint density at radius 2 is 0.731 bits per heavy atom. The van der Waals surface area contributed by atoms with E-state index in [1.165, 1.54) is 109 Å². The van der Waals surface area contributed by atoms with Crippen LogP contribution in [0, 0.1) is 0 Å². The third-order valence-electron chi connectivity index (χ3n) is 22.8. The SMILES string of the molecule is CONC(=O)c1cn(-c2ccc3c(c2)CCC3)c2nc(Nc3ccc(CCN4CC(O)C4)cc3)ncc2c1=O.CONC(=O)c1cn(-c2ccc3c(c2)CCC3)c2nc(Nc3ccc(CCN4CC[C@H](F)C4)cc3)ncc2c1=O.CONC(=O)c1cn(-c2ccc3c(c2)CCC3)c2nc(Nc3ccc(CCN4CC[C@H](O)C4)cc3)ncc2c1=O. The van der Waals surface area contributed by atoms with Gasteiger partial charge in [-0.1, -0.05) is 54.6 Å². The van der Waals surface area contributed by atoms with E-state index < -0.39 is 40.2 Å². The molecule has 0 bridgehead atoms. The summed E-state index contributed by atoms with van der Waals surface area (Å²) in [4.78, 5) is 126. The number of aliphatic hydroxyl groups is 2. The van der Waals surface area contributed by atoms with E-state index in [4.69, 9.17) is 29.5 Å². The maximum Gasteiger partial charge on any atom is 0.280 e. The van der Waals surface area contributed by atoms with Crippen molar-refractivity contribution in [3.05, 3.63) is 262 Å². The van der Waals surface area contributed by atoms with Crippen LogP contribution in [0.4, 0.5) is 39.3 Å². The highest BCUT2D eigenvalue weighted by molar-refractivity contribution is 5.98. The molecule has 30 heteroatoms. The van der Waals surface area contributed by atoms with E-state index in [1.807, 2.05) is 66.7 Å². The molecule has 3 amide bonds. The van der Waals surface area contributed by atoms with Gasteiger partial charge in [-0.25, -0.2) is 35.8 Å². The number of hydroxylamine groups is 3. The van der Waals surface area contributed by atoms with Gasteiger partial charge in [0, 0.05) is 130 Å². The number of nitrogens with zero attached hydrogens (tertiary/aromatic N) is 12. The summed E-state index contributed by atoms with van der Waals surface area (Å²) in [5.41, 5.74) is 22.5. The number of carbonyl (C=O) groups is 3.